The first-order chi connectivity index (χ1) is 15.8. The number of Topliss-reactive ketones (excluding diaryl/α,β-unsaturated/α-hetero) is 1. The average Bonchev–Trinajstić information content (AvgIpc) is 3.52. The second-order valence-corrected chi connectivity index (χ2v) is 9.43. The van der Waals surface area contributed by atoms with Crippen LogP contribution in [0.5, 0.6) is 0 Å². The standard InChI is InChI=1S/C23H23N5O4S/c29-22(9-10-24-33(30,31)32)23-20-7-5-18(27-20)12-16-3-1-14(25-16)11-15-2-4-17(26-15)13-19-6-8-21(23)28-19/h1,3,6,8,11-13,24-25,28H,2,4-5,7,9-10H2,(H,30,31,32). The largest absolute Gasteiger partial charge is 0.355 e. The Balaban J connectivity index is 1.69. The Morgan fingerprint density at radius 3 is 2.12 bits per heavy atom. The fourth-order valence-electron chi connectivity index (χ4n) is 4.24. The molecule has 170 valence electrons. The normalized spacial score (nSPS) is 13.8. The zero-order valence-corrected chi connectivity index (χ0v) is 18.6. The highest BCUT2D eigenvalue weighted by atomic mass is 32.2. The van der Waals surface area contributed by atoms with Gasteiger partial charge in [-0.25, -0.2) is 0 Å². The third kappa shape index (κ3) is 5.03. The number of fused-ring (bicyclic) bond motifs is 8. The minimum absolute atomic E-state index is 0.105. The summed E-state index contributed by atoms with van der Waals surface area (Å²) in [5, 5.41) is 0. The van der Waals surface area contributed by atoms with Crippen molar-refractivity contribution in [1.29, 1.82) is 0 Å². The molecule has 3 aromatic rings. The summed E-state index contributed by atoms with van der Waals surface area (Å²) in [6, 6.07) is 13.7. The summed E-state index contributed by atoms with van der Waals surface area (Å²) in [5.74, 6) is -0.258. The van der Waals surface area contributed by atoms with Crippen LogP contribution >= 0.6 is 0 Å². The van der Waals surface area contributed by atoms with E-state index in [9.17, 15) is 13.2 Å². The number of hydrogen-bond donors (Lipinski definition) is 4. The minimum atomic E-state index is -4.36. The Labute approximate surface area is 190 Å². The van der Waals surface area contributed by atoms with Crippen molar-refractivity contribution >= 4 is 38.2 Å². The number of H-pyrrole nitrogens is 2. The van der Waals surface area contributed by atoms with Gasteiger partial charge in [-0.05, 0) is 68.1 Å². The molecule has 0 saturated heterocycles. The van der Waals surface area contributed by atoms with Crippen LogP contribution in [0.25, 0.3) is 22.1 Å². The molecule has 0 saturated carbocycles. The van der Waals surface area contributed by atoms with Gasteiger partial charge < -0.3 is 9.97 Å². The minimum Gasteiger partial charge on any atom is -0.355 e. The van der Waals surface area contributed by atoms with Crippen LogP contribution in [0.2, 0.25) is 0 Å². The highest BCUT2D eigenvalue weighted by Gasteiger charge is 2.19. The maximum Gasteiger partial charge on any atom is 0.333 e. The van der Waals surface area contributed by atoms with E-state index in [-0.39, 0.29) is 18.7 Å². The Hall–Kier alpha value is -3.34. The monoisotopic (exact) mass is 465 g/mol. The van der Waals surface area contributed by atoms with Gasteiger partial charge in [0.05, 0.1) is 16.8 Å². The second-order valence-electron chi connectivity index (χ2n) is 8.19. The van der Waals surface area contributed by atoms with Crippen LogP contribution in [0.15, 0.2) is 42.5 Å². The molecule has 0 amide bonds. The van der Waals surface area contributed by atoms with Crippen LogP contribution in [0, 0.1) is 0 Å². The Morgan fingerprint density at radius 2 is 1.45 bits per heavy atom. The molecular weight excluding hydrogens is 442 g/mol. The molecule has 5 heterocycles. The molecule has 5 rings (SSSR count). The van der Waals surface area contributed by atoms with Gasteiger partial charge in [-0.1, -0.05) is 0 Å². The first kappa shape index (κ1) is 21.5. The van der Waals surface area contributed by atoms with E-state index in [2.05, 4.69) is 16.0 Å². The van der Waals surface area contributed by atoms with Crippen LogP contribution in [0.3, 0.4) is 0 Å². The van der Waals surface area contributed by atoms with Crippen molar-refractivity contribution in [2.24, 2.45) is 0 Å². The number of nitrogens with one attached hydrogen (secondary N) is 3. The number of carbonyl (C=O) groups excluding carboxylic acids is 1. The third-order valence-corrected chi connectivity index (χ3v) is 6.27. The molecule has 0 atom stereocenters. The molecule has 0 spiro atoms. The number of ketones is 1. The molecule has 33 heavy (non-hydrogen) atoms. The number of aryl methyl sites for hydroxylation is 4. The van der Waals surface area contributed by atoms with Crippen molar-refractivity contribution < 1.29 is 17.8 Å². The lowest BCUT2D eigenvalue weighted by atomic mass is 10.0. The molecule has 9 nitrogen and oxygen atoms in total. The van der Waals surface area contributed by atoms with Crippen LogP contribution in [0.1, 0.15) is 39.6 Å². The summed E-state index contributed by atoms with van der Waals surface area (Å²) in [6.45, 7) is -0.200. The van der Waals surface area contributed by atoms with Gasteiger partial charge in [-0.3, -0.25) is 19.3 Å². The van der Waals surface area contributed by atoms with Gasteiger partial charge in [0.15, 0.2) is 5.78 Å². The molecule has 4 N–H and O–H groups in total. The molecule has 10 heteroatoms. The van der Waals surface area contributed by atoms with E-state index in [0.29, 0.717) is 29.6 Å². The fraction of sp³-hybridized carbons (Fsp3) is 0.261. The van der Waals surface area contributed by atoms with E-state index in [1.54, 1.807) is 0 Å². The predicted molar refractivity (Wildman–Crippen MR) is 124 cm³/mol. The molecule has 3 aromatic heterocycles. The van der Waals surface area contributed by atoms with E-state index in [0.717, 1.165) is 46.5 Å². The first-order valence-electron chi connectivity index (χ1n) is 10.7. The highest BCUT2D eigenvalue weighted by molar-refractivity contribution is 7.83. The van der Waals surface area contributed by atoms with Gasteiger partial charge >= 0.3 is 10.3 Å². The van der Waals surface area contributed by atoms with Gasteiger partial charge in [0.1, 0.15) is 0 Å². The number of aromatic amines is 2. The van der Waals surface area contributed by atoms with Crippen molar-refractivity contribution in [2.45, 2.75) is 32.1 Å². The van der Waals surface area contributed by atoms with E-state index in [1.807, 2.05) is 41.1 Å². The van der Waals surface area contributed by atoms with Crippen LogP contribution in [-0.4, -0.2) is 45.2 Å². The summed E-state index contributed by atoms with van der Waals surface area (Å²) in [6.07, 6.45) is 2.88. The topological polar surface area (TPSA) is 141 Å². The quantitative estimate of drug-likeness (QED) is 0.337. The molecule has 2 aliphatic heterocycles. The summed E-state index contributed by atoms with van der Waals surface area (Å²) in [5.41, 5.74) is 7.28. The zero-order valence-electron chi connectivity index (χ0n) is 17.8. The third-order valence-electron chi connectivity index (χ3n) is 5.70. The summed E-state index contributed by atoms with van der Waals surface area (Å²) in [7, 11) is -4.36. The number of aromatic nitrogens is 4. The Morgan fingerprint density at radius 1 is 0.879 bits per heavy atom. The molecule has 0 aromatic carbocycles. The number of hydrogen-bond acceptors (Lipinski definition) is 5. The van der Waals surface area contributed by atoms with Gasteiger partial charge in [0, 0.05) is 46.6 Å². The van der Waals surface area contributed by atoms with E-state index in [1.165, 1.54) is 0 Å². The van der Waals surface area contributed by atoms with Crippen molar-refractivity contribution in [1.82, 2.24) is 24.7 Å². The molecule has 0 aliphatic carbocycles. The van der Waals surface area contributed by atoms with Gasteiger partial charge in [0.25, 0.3) is 0 Å². The van der Waals surface area contributed by atoms with E-state index < -0.39 is 10.3 Å². The number of rotatable bonds is 5. The maximum atomic E-state index is 13.1. The van der Waals surface area contributed by atoms with Crippen molar-refractivity contribution in [3.8, 4) is 0 Å². The fourth-order valence-corrected chi connectivity index (χ4v) is 4.60. The Kier molecular flexibility index (Phi) is 5.57. The predicted octanol–water partition coefficient (Wildman–Crippen LogP) is 2.85. The summed E-state index contributed by atoms with van der Waals surface area (Å²) < 4.78 is 32.8. The van der Waals surface area contributed by atoms with Gasteiger partial charge in [0.2, 0.25) is 0 Å². The first-order valence-corrected chi connectivity index (χ1v) is 12.2. The highest BCUT2D eigenvalue weighted by Crippen LogP contribution is 2.22. The molecule has 0 unspecified atom stereocenters. The molecular formula is C23H23N5O4S. The van der Waals surface area contributed by atoms with Crippen molar-refractivity contribution in [3.63, 3.8) is 0 Å². The zero-order chi connectivity index (χ0) is 23.0. The van der Waals surface area contributed by atoms with Gasteiger partial charge in [-0.2, -0.15) is 13.1 Å². The van der Waals surface area contributed by atoms with E-state index in [4.69, 9.17) is 14.5 Å². The summed E-state index contributed by atoms with van der Waals surface area (Å²) in [4.78, 5) is 29.2. The smallest absolute Gasteiger partial charge is 0.333 e. The second kappa shape index (κ2) is 8.54. The van der Waals surface area contributed by atoms with Crippen molar-refractivity contribution in [3.05, 3.63) is 70.8 Å². The lowest BCUT2D eigenvalue weighted by Gasteiger charge is -2.04. The van der Waals surface area contributed by atoms with Crippen LogP contribution in [-0.2, 0) is 36.0 Å². The molecule has 2 aliphatic rings. The average molecular weight is 466 g/mol. The maximum absolute atomic E-state index is 13.1. The lowest BCUT2D eigenvalue weighted by molar-refractivity contribution is 0.0984. The number of carbonyl (C=O) groups is 1. The number of nitrogens with zero attached hydrogens (tertiary/aromatic N) is 2. The van der Waals surface area contributed by atoms with Gasteiger partial charge in [-0.15, -0.1) is 0 Å². The lowest BCUT2D eigenvalue weighted by Crippen LogP contribution is -2.25. The molecule has 0 fully saturated rings. The van der Waals surface area contributed by atoms with Crippen LogP contribution < -0.4 is 4.72 Å². The van der Waals surface area contributed by atoms with Crippen molar-refractivity contribution in [2.75, 3.05) is 6.54 Å². The van der Waals surface area contributed by atoms with Crippen LogP contribution in [0.4, 0.5) is 0 Å². The molecule has 8 bridgehead atoms. The molecule has 0 radical (unpaired) electrons. The Bertz CT molecular complexity index is 1500. The summed E-state index contributed by atoms with van der Waals surface area (Å²) >= 11 is 0. The van der Waals surface area contributed by atoms with E-state index >= 15 is 0 Å². The SMILES string of the molecule is O=C(CCNS(=O)(=O)O)c1c2nc(cc3ccc(cc4nc(cc5ccc1[nH]5)CC4)[nH]3)CC2.